The molecule has 2 rings (SSSR count). The van der Waals surface area contributed by atoms with Crippen LogP contribution in [0.25, 0.3) is 10.1 Å². The van der Waals surface area contributed by atoms with Crippen LogP contribution in [0.4, 0.5) is 4.39 Å². The van der Waals surface area contributed by atoms with E-state index in [9.17, 15) is 9.50 Å². The van der Waals surface area contributed by atoms with Gasteiger partial charge in [0.15, 0.2) is 5.13 Å². The minimum Gasteiger partial charge on any atom is -0.506 e. The predicted octanol–water partition coefficient (Wildman–Crippen LogP) is 2.75. The summed E-state index contributed by atoms with van der Waals surface area (Å²) in [5, 5.41) is 9.72. The molecule has 0 unspecified atom stereocenters. The SMILES string of the molecule is Oc1cccc2cc(F)sc12. The van der Waals surface area contributed by atoms with Crippen LogP contribution in [-0.2, 0) is 0 Å². The zero-order chi connectivity index (χ0) is 7.84. The van der Waals surface area contributed by atoms with Gasteiger partial charge in [0.25, 0.3) is 0 Å². The van der Waals surface area contributed by atoms with Crippen LogP contribution < -0.4 is 0 Å². The second-order valence-corrected chi connectivity index (χ2v) is 3.25. The number of hydrogen-bond donors (Lipinski definition) is 1. The summed E-state index contributed by atoms with van der Waals surface area (Å²) in [5.41, 5.74) is 0. The second-order valence-electron chi connectivity index (χ2n) is 2.25. The molecule has 0 atom stereocenters. The Bertz CT molecular complexity index is 394. The lowest BCUT2D eigenvalue weighted by Gasteiger charge is -1.90. The summed E-state index contributed by atoms with van der Waals surface area (Å²) in [4.78, 5) is 0. The van der Waals surface area contributed by atoms with Gasteiger partial charge in [0.2, 0.25) is 0 Å². The molecular weight excluding hydrogens is 163 g/mol. The number of aromatic hydroxyl groups is 1. The molecule has 0 saturated heterocycles. The Labute approximate surface area is 66.7 Å². The number of phenols is 1. The first-order valence-corrected chi connectivity index (χ1v) is 3.96. The van der Waals surface area contributed by atoms with E-state index in [1.165, 1.54) is 6.07 Å². The van der Waals surface area contributed by atoms with Crippen molar-refractivity contribution in [3.05, 3.63) is 29.4 Å². The van der Waals surface area contributed by atoms with Crippen molar-refractivity contribution < 1.29 is 9.50 Å². The topological polar surface area (TPSA) is 20.2 Å². The van der Waals surface area contributed by atoms with E-state index in [0.717, 1.165) is 16.7 Å². The van der Waals surface area contributed by atoms with E-state index >= 15 is 0 Å². The Morgan fingerprint density at radius 1 is 1.36 bits per heavy atom. The molecule has 3 heteroatoms. The Morgan fingerprint density at radius 3 is 2.91 bits per heavy atom. The molecule has 1 aromatic heterocycles. The molecule has 11 heavy (non-hydrogen) atoms. The highest BCUT2D eigenvalue weighted by molar-refractivity contribution is 7.17. The smallest absolute Gasteiger partial charge is 0.177 e. The second kappa shape index (κ2) is 2.20. The van der Waals surface area contributed by atoms with Crippen molar-refractivity contribution in [3.63, 3.8) is 0 Å². The van der Waals surface area contributed by atoms with E-state index in [0.29, 0.717) is 4.70 Å². The lowest BCUT2D eigenvalue weighted by atomic mass is 10.2. The molecule has 0 fully saturated rings. The fourth-order valence-corrected chi connectivity index (χ4v) is 1.81. The van der Waals surface area contributed by atoms with Gasteiger partial charge in [-0.15, -0.1) is 11.3 Å². The van der Waals surface area contributed by atoms with E-state index in [4.69, 9.17) is 0 Å². The van der Waals surface area contributed by atoms with Gasteiger partial charge in [-0.3, -0.25) is 0 Å². The first kappa shape index (κ1) is 6.61. The maximum absolute atomic E-state index is 12.6. The number of hydrogen-bond acceptors (Lipinski definition) is 2. The highest BCUT2D eigenvalue weighted by Crippen LogP contribution is 2.31. The summed E-state index contributed by atoms with van der Waals surface area (Å²) in [6, 6.07) is 6.44. The molecule has 0 bridgehead atoms. The number of phenolic OH excluding ortho intramolecular Hbond substituents is 1. The first-order chi connectivity index (χ1) is 5.27. The van der Waals surface area contributed by atoms with Crippen molar-refractivity contribution >= 4 is 21.4 Å². The van der Waals surface area contributed by atoms with Crippen molar-refractivity contribution in [3.8, 4) is 5.75 Å². The van der Waals surface area contributed by atoms with Crippen molar-refractivity contribution in [1.29, 1.82) is 0 Å². The quantitative estimate of drug-likeness (QED) is 0.641. The van der Waals surface area contributed by atoms with E-state index in [2.05, 4.69) is 0 Å². The molecule has 1 aromatic carbocycles. The lowest BCUT2D eigenvalue weighted by molar-refractivity contribution is 0.482. The molecule has 0 saturated carbocycles. The zero-order valence-corrected chi connectivity index (χ0v) is 6.36. The van der Waals surface area contributed by atoms with Gasteiger partial charge < -0.3 is 5.11 Å². The summed E-state index contributed by atoms with van der Waals surface area (Å²) in [6.45, 7) is 0. The monoisotopic (exact) mass is 168 g/mol. The molecule has 0 radical (unpaired) electrons. The van der Waals surface area contributed by atoms with Crippen molar-refractivity contribution in [2.75, 3.05) is 0 Å². The van der Waals surface area contributed by atoms with Crippen molar-refractivity contribution in [2.24, 2.45) is 0 Å². The van der Waals surface area contributed by atoms with E-state index in [1.54, 1.807) is 18.2 Å². The minimum absolute atomic E-state index is 0.149. The van der Waals surface area contributed by atoms with Crippen LogP contribution >= 0.6 is 11.3 Å². The third-order valence-corrected chi connectivity index (χ3v) is 2.46. The highest BCUT2D eigenvalue weighted by Gasteiger charge is 2.03. The summed E-state index contributed by atoms with van der Waals surface area (Å²) in [5.74, 6) is 0.149. The predicted molar refractivity (Wildman–Crippen MR) is 43.4 cm³/mol. The largest absolute Gasteiger partial charge is 0.506 e. The van der Waals surface area contributed by atoms with Crippen LogP contribution in [0, 0.1) is 5.13 Å². The number of rotatable bonds is 0. The number of thiophene rings is 1. The molecule has 0 aliphatic carbocycles. The van der Waals surface area contributed by atoms with Crippen LogP contribution in [0.3, 0.4) is 0 Å². The van der Waals surface area contributed by atoms with Gasteiger partial charge in [0.05, 0.1) is 4.70 Å². The molecule has 0 aliphatic rings. The summed E-state index contributed by atoms with van der Waals surface area (Å²) < 4.78 is 13.2. The van der Waals surface area contributed by atoms with Crippen molar-refractivity contribution in [1.82, 2.24) is 0 Å². The van der Waals surface area contributed by atoms with Crippen LogP contribution in [-0.4, -0.2) is 5.11 Å². The molecule has 1 nitrogen and oxygen atoms in total. The first-order valence-electron chi connectivity index (χ1n) is 3.14. The molecule has 2 aromatic rings. The Morgan fingerprint density at radius 2 is 2.18 bits per heavy atom. The number of benzene rings is 1. The Kier molecular flexibility index (Phi) is 1.32. The maximum atomic E-state index is 12.6. The fourth-order valence-electron chi connectivity index (χ4n) is 1.02. The van der Waals surface area contributed by atoms with Gasteiger partial charge in [-0.2, -0.15) is 4.39 Å². The molecule has 0 aliphatic heterocycles. The van der Waals surface area contributed by atoms with Gasteiger partial charge in [0.1, 0.15) is 5.75 Å². The molecular formula is C8H5FOS. The third-order valence-electron chi connectivity index (χ3n) is 1.49. The van der Waals surface area contributed by atoms with Crippen molar-refractivity contribution in [2.45, 2.75) is 0 Å². The molecule has 1 heterocycles. The van der Waals surface area contributed by atoms with E-state index in [-0.39, 0.29) is 10.9 Å². The normalized spacial score (nSPS) is 10.6. The van der Waals surface area contributed by atoms with Gasteiger partial charge >= 0.3 is 0 Å². The molecule has 0 spiro atoms. The van der Waals surface area contributed by atoms with Crippen LogP contribution in [0.2, 0.25) is 0 Å². The summed E-state index contributed by atoms with van der Waals surface area (Å²) >= 11 is 0.962. The van der Waals surface area contributed by atoms with Gasteiger partial charge in [-0.1, -0.05) is 12.1 Å². The van der Waals surface area contributed by atoms with Gasteiger partial charge in [0, 0.05) is 0 Å². The van der Waals surface area contributed by atoms with Crippen LogP contribution in [0.15, 0.2) is 24.3 Å². The average molecular weight is 168 g/mol. The summed E-state index contributed by atoms with van der Waals surface area (Å²) in [6.07, 6.45) is 0. The fraction of sp³-hybridized carbons (Fsp3) is 0. The van der Waals surface area contributed by atoms with Gasteiger partial charge in [-0.05, 0) is 17.5 Å². The number of halogens is 1. The lowest BCUT2D eigenvalue weighted by Crippen LogP contribution is -1.62. The van der Waals surface area contributed by atoms with E-state index < -0.39 is 0 Å². The minimum atomic E-state index is -0.262. The summed E-state index contributed by atoms with van der Waals surface area (Å²) in [7, 11) is 0. The molecule has 56 valence electrons. The third kappa shape index (κ3) is 0.973. The zero-order valence-electron chi connectivity index (χ0n) is 5.54. The number of fused-ring (bicyclic) bond motifs is 1. The van der Waals surface area contributed by atoms with Crippen LogP contribution in [0.5, 0.6) is 5.75 Å². The van der Waals surface area contributed by atoms with Gasteiger partial charge in [-0.25, -0.2) is 0 Å². The van der Waals surface area contributed by atoms with Crippen LogP contribution in [0.1, 0.15) is 0 Å². The van der Waals surface area contributed by atoms with E-state index in [1.807, 2.05) is 0 Å². The maximum Gasteiger partial charge on any atom is 0.177 e. The standard InChI is InChI=1S/C8H5FOS/c9-7-4-5-2-1-3-6(10)8(5)11-7/h1-4,10H. The molecule has 1 N–H and O–H groups in total. The molecule has 0 amide bonds. The highest BCUT2D eigenvalue weighted by atomic mass is 32.1. The Balaban J connectivity index is 2.90. The average Bonchev–Trinajstić information content (AvgIpc) is 2.31. The Hall–Kier alpha value is -1.09.